The molecule has 0 spiro atoms. The van der Waals surface area contributed by atoms with Crippen LogP contribution in [0.25, 0.3) is 0 Å². The Balaban J connectivity index is 2.17. The van der Waals surface area contributed by atoms with Gasteiger partial charge in [-0.1, -0.05) is 6.07 Å². The monoisotopic (exact) mass is 234 g/mol. The summed E-state index contributed by atoms with van der Waals surface area (Å²) < 4.78 is 24.3. The first-order valence-corrected chi connectivity index (χ1v) is 6.81. The fourth-order valence-corrected chi connectivity index (χ4v) is 2.22. The molecule has 1 aromatic heterocycles. The van der Waals surface area contributed by atoms with Gasteiger partial charge < -0.3 is 5.32 Å². The molecular formula is C8H14N2O2S2. The van der Waals surface area contributed by atoms with Crippen LogP contribution in [0.3, 0.4) is 0 Å². The van der Waals surface area contributed by atoms with Gasteiger partial charge in [0, 0.05) is 18.0 Å². The Hall–Kier alpha value is -0.430. The van der Waals surface area contributed by atoms with Crippen LogP contribution >= 0.6 is 11.3 Å². The lowest BCUT2D eigenvalue weighted by Crippen LogP contribution is -2.29. The van der Waals surface area contributed by atoms with Gasteiger partial charge in [-0.05, 0) is 18.5 Å². The zero-order chi connectivity index (χ0) is 10.4. The Labute approximate surface area is 88.4 Å². The van der Waals surface area contributed by atoms with Crippen LogP contribution in [-0.2, 0) is 16.6 Å². The van der Waals surface area contributed by atoms with Crippen molar-refractivity contribution in [3.63, 3.8) is 0 Å². The minimum atomic E-state index is -3.07. The second-order valence-electron chi connectivity index (χ2n) is 2.78. The molecule has 0 amide bonds. The number of sulfonamides is 1. The van der Waals surface area contributed by atoms with Gasteiger partial charge in [0.05, 0.1) is 5.75 Å². The van der Waals surface area contributed by atoms with Crippen LogP contribution in [0.2, 0.25) is 0 Å². The third-order valence-electron chi connectivity index (χ3n) is 1.74. The molecule has 4 nitrogen and oxygen atoms in total. The molecule has 1 rings (SSSR count). The average molecular weight is 234 g/mol. The summed E-state index contributed by atoms with van der Waals surface area (Å²) >= 11 is 1.66. The normalized spacial score (nSPS) is 11.8. The highest BCUT2D eigenvalue weighted by Crippen LogP contribution is 2.06. The summed E-state index contributed by atoms with van der Waals surface area (Å²) in [5, 5.41) is 5.07. The zero-order valence-electron chi connectivity index (χ0n) is 7.99. The molecule has 0 atom stereocenters. The SMILES string of the molecule is CNS(=O)(=O)CCNCc1cccs1. The number of nitrogens with one attached hydrogen (secondary N) is 2. The van der Waals surface area contributed by atoms with Gasteiger partial charge in [-0.3, -0.25) is 0 Å². The maximum Gasteiger partial charge on any atom is 0.212 e. The number of rotatable bonds is 6. The third-order valence-corrected chi connectivity index (χ3v) is 3.98. The molecule has 14 heavy (non-hydrogen) atoms. The van der Waals surface area contributed by atoms with E-state index in [0.29, 0.717) is 6.54 Å². The molecular weight excluding hydrogens is 220 g/mol. The van der Waals surface area contributed by atoms with Gasteiger partial charge in [0.15, 0.2) is 0 Å². The van der Waals surface area contributed by atoms with Crippen molar-refractivity contribution in [3.8, 4) is 0 Å². The second-order valence-corrected chi connectivity index (χ2v) is 5.86. The van der Waals surface area contributed by atoms with E-state index >= 15 is 0 Å². The third kappa shape index (κ3) is 4.19. The van der Waals surface area contributed by atoms with E-state index < -0.39 is 10.0 Å². The fraction of sp³-hybridized carbons (Fsp3) is 0.500. The Morgan fingerprint density at radius 3 is 2.86 bits per heavy atom. The Bertz CT molecular complexity index is 345. The van der Waals surface area contributed by atoms with E-state index in [4.69, 9.17) is 0 Å². The summed E-state index contributed by atoms with van der Waals surface area (Å²) in [5.41, 5.74) is 0. The summed E-state index contributed by atoms with van der Waals surface area (Å²) in [6.07, 6.45) is 0. The van der Waals surface area contributed by atoms with Crippen molar-refractivity contribution >= 4 is 21.4 Å². The zero-order valence-corrected chi connectivity index (χ0v) is 9.62. The summed E-state index contributed by atoms with van der Waals surface area (Å²) in [4.78, 5) is 1.21. The lowest BCUT2D eigenvalue weighted by Gasteiger charge is -2.03. The molecule has 0 aromatic carbocycles. The van der Waals surface area contributed by atoms with E-state index in [-0.39, 0.29) is 5.75 Å². The van der Waals surface area contributed by atoms with Crippen molar-refractivity contribution < 1.29 is 8.42 Å². The van der Waals surface area contributed by atoms with Gasteiger partial charge >= 0.3 is 0 Å². The molecule has 0 aliphatic heterocycles. The smallest absolute Gasteiger partial charge is 0.212 e. The fourth-order valence-electron chi connectivity index (χ4n) is 0.933. The Kier molecular flexibility index (Phi) is 4.53. The van der Waals surface area contributed by atoms with Crippen LogP contribution < -0.4 is 10.0 Å². The first-order valence-electron chi connectivity index (χ1n) is 4.28. The molecule has 1 heterocycles. The first kappa shape index (κ1) is 11.6. The van der Waals surface area contributed by atoms with E-state index in [2.05, 4.69) is 10.0 Å². The summed E-state index contributed by atoms with van der Waals surface area (Å²) in [7, 11) is -1.64. The quantitative estimate of drug-likeness (QED) is 0.700. The van der Waals surface area contributed by atoms with Crippen molar-refractivity contribution in [2.75, 3.05) is 19.3 Å². The highest BCUT2D eigenvalue weighted by molar-refractivity contribution is 7.89. The summed E-state index contributed by atoms with van der Waals surface area (Å²) in [6.45, 7) is 1.21. The van der Waals surface area contributed by atoms with E-state index in [1.54, 1.807) is 11.3 Å². The van der Waals surface area contributed by atoms with Crippen molar-refractivity contribution in [1.29, 1.82) is 0 Å². The predicted molar refractivity (Wildman–Crippen MR) is 58.9 cm³/mol. The molecule has 0 unspecified atom stereocenters. The molecule has 80 valence electrons. The van der Waals surface area contributed by atoms with Crippen molar-refractivity contribution in [3.05, 3.63) is 22.4 Å². The molecule has 6 heteroatoms. The molecule has 0 saturated heterocycles. The van der Waals surface area contributed by atoms with Gasteiger partial charge in [0.25, 0.3) is 0 Å². The molecule has 0 radical (unpaired) electrons. The Morgan fingerprint density at radius 1 is 1.50 bits per heavy atom. The van der Waals surface area contributed by atoms with Crippen LogP contribution in [0.5, 0.6) is 0 Å². The standard InChI is InChI=1S/C8H14N2O2S2/c1-9-14(11,12)6-4-10-7-8-3-2-5-13-8/h2-3,5,9-10H,4,6-7H2,1H3. The number of hydrogen-bond donors (Lipinski definition) is 2. The largest absolute Gasteiger partial charge is 0.311 e. The highest BCUT2D eigenvalue weighted by Gasteiger charge is 2.05. The number of thiophene rings is 1. The van der Waals surface area contributed by atoms with Crippen LogP contribution in [0.15, 0.2) is 17.5 Å². The number of hydrogen-bond acceptors (Lipinski definition) is 4. The van der Waals surface area contributed by atoms with E-state index in [0.717, 1.165) is 6.54 Å². The van der Waals surface area contributed by atoms with Gasteiger partial charge in [-0.25, -0.2) is 13.1 Å². The Morgan fingerprint density at radius 2 is 2.29 bits per heavy atom. The van der Waals surface area contributed by atoms with Crippen LogP contribution in [-0.4, -0.2) is 27.8 Å². The lowest BCUT2D eigenvalue weighted by atomic mass is 10.4. The van der Waals surface area contributed by atoms with Crippen molar-refractivity contribution in [2.24, 2.45) is 0 Å². The topological polar surface area (TPSA) is 58.2 Å². The molecule has 0 saturated carbocycles. The van der Waals surface area contributed by atoms with E-state index in [1.165, 1.54) is 11.9 Å². The lowest BCUT2D eigenvalue weighted by molar-refractivity contribution is 0.583. The first-order chi connectivity index (χ1) is 6.64. The van der Waals surface area contributed by atoms with Crippen LogP contribution in [0, 0.1) is 0 Å². The molecule has 2 N–H and O–H groups in total. The average Bonchev–Trinajstić information content (AvgIpc) is 2.65. The van der Waals surface area contributed by atoms with Crippen molar-refractivity contribution in [1.82, 2.24) is 10.0 Å². The summed E-state index contributed by atoms with van der Waals surface area (Å²) in [6, 6.07) is 4.00. The van der Waals surface area contributed by atoms with Gasteiger partial charge in [-0.15, -0.1) is 11.3 Å². The molecule has 0 aliphatic carbocycles. The van der Waals surface area contributed by atoms with Crippen molar-refractivity contribution in [2.45, 2.75) is 6.54 Å². The molecule has 0 aliphatic rings. The van der Waals surface area contributed by atoms with Crippen LogP contribution in [0.4, 0.5) is 0 Å². The maximum absolute atomic E-state index is 11.0. The predicted octanol–water partition coefficient (Wildman–Crippen LogP) is 0.387. The minimum absolute atomic E-state index is 0.120. The minimum Gasteiger partial charge on any atom is -0.311 e. The highest BCUT2D eigenvalue weighted by atomic mass is 32.2. The second kappa shape index (κ2) is 5.45. The van der Waals surface area contributed by atoms with Crippen LogP contribution in [0.1, 0.15) is 4.88 Å². The van der Waals surface area contributed by atoms with Gasteiger partial charge in [-0.2, -0.15) is 0 Å². The molecule has 0 bridgehead atoms. The van der Waals surface area contributed by atoms with E-state index in [1.807, 2.05) is 17.5 Å². The van der Waals surface area contributed by atoms with Gasteiger partial charge in [0.2, 0.25) is 10.0 Å². The maximum atomic E-state index is 11.0. The van der Waals surface area contributed by atoms with E-state index in [9.17, 15) is 8.42 Å². The molecule has 1 aromatic rings. The molecule has 0 fully saturated rings. The summed E-state index contributed by atoms with van der Waals surface area (Å²) in [5.74, 6) is 0.120. The van der Waals surface area contributed by atoms with Gasteiger partial charge in [0.1, 0.15) is 0 Å².